The molecule has 0 bridgehead atoms. The summed E-state index contributed by atoms with van der Waals surface area (Å²) in [6.07, 6.45) is 0. The third kappa shape index (κ3) is 4.74. The van der Waals surface area contributed by atoms with E-state index in [0.717, 1.165) is 15.8 Å². The Morgan fingerprint density at radius 3 is 2.06 bits per heavy atom. The number of hydrogen-bond acceptors (Lipinski definition) is 7. The number of carbonyl (C=O) groups excluding carboxylic acids is 1. The molecule has 0 aliphatic carbocycles. The van der Waals surface area contributed by atoms with Crippen LogP contribution in [-0.2, 0) is 10.0 Å². The average Bonchev–Trinajstić information content (AvgIpc) is 3.14. The Bertz CT molecular complexity index is 1350. The Hall–Kier alpha value is -4.22. The summed E-state index contributed by atoms with van der Waals surface area (Å²) < 4.78 is 23.6. The van der Waals surface area contributed by atoms with Gasteiger partial charge >= 0.3 is 6.03 Å². The number of amides is 1. The van der Waals surface area contributed by atoms with Gasteiger partial charge < -0.3 is 16.4 Å². The van der Waals surface area contributed by atoms with Gasteiger partial charge in [-0.25, -0.2) is 18.4 Å². The molecule has 0 unspecified atom stereocenters. The highest BCUT2D eigenvalue weighted by atomic mass is 32.2. The second kappa shape index (κ2) is 8.49. The van der Waals surface area contributed by atoms with Crippen LogP contribution in [0.2, 0.25) is 0 Å². The van der Waals surface area contributed by atoms with E-state index in [-0.39, 0.29) is 16.8 Å². The topological polar surface area (TPSA) is 158 Å². The van der Waals surface area contributed by atoms with E-state index >= 15 is 0 Å². The second-order valence-electron chi connectivity index (χ2n) is 6.77. The Morgan fingerprint density at radius 2 is 1.44 bits per heavy atom. The van der Waals surface area contributed by atoms with Crippen molar-refractivity contribution in [3.05, 3.63) is 78.9 Å². The number of rotatable bonds is 5. The SMILES string of the molecule is Nc1nc(Nc2ccc(S(N)(=O)=O)cc2)nn1C(=O)Nc1ccc(-c2ccccc2)cc1. The number of primary sulfonamides is 1. The second-order valence-corrected chi connectivity index (χ2v) is 8.33. The largest absolute Gasteiger partial charge is 0.368 e. The highest BCUT2D eigenvalue weighted by molar-refractivity contribution is 7.89. The first-order valence-corrected chi connectivity index (χ1v) is 10.9. The van der Waals surface area contributed by atoms with Crippen LogP contribution in [0, 0.1) is 0 Å². The van der Waals surface area contributed by atoms with Gasteiger partial charge in [-0.15, -0.1) is 9.78 Å². The quantitative estimate of drug-likeness (QED) is 0.364. The van der Waals surface area contributed by atoms with Crippen LogP contribution in [-0.4, -0.2) is 29.2 Å². The molecule has 4 rings (SSSR count). The van der Waals surface area contributed by atoms with E-state index in [1.807, 2.05) is 42.5 Å². The predicted molar refractivity (Wildman–Crippen MR) is 122 cm³/mol. The Labute approximate surface area is 183 Å². The molecule has 0 fully saturated rings. The molecule has 1 heterocycles. The summed E-state index contributed by atoms with van der Waals surface area (Å²) in [5.74, 6) is -0.0486. The van der Waals surface area contributed by atoms with E-state index in [0.29, 0.717) is 11.4 Å². The number of anilines is 4. The van der Waals surface area contributed by atoms with Crippen molar-refractivity contribution in [2.45, 2.75) is 4.90 Å². The number of carbonyl (C=O) groups is 1. The zero-order valence-electron chi connectivity index (χ0n) is 16.6. The summed E-state index contributed by atoms with van der Waals surface area (Å²) >= 11 is 0. The normalized spacial score (nSPS) is 11.2. The van der Waals surface area contributed by atoms with Crippen molar-refractivity contribution >= 4 is 39.3 Å². The lowest BCUT2D eigenvalue weighted by atomic mass is 10.1. The molecule has 6 N–H and O–H groups in total. The number of nitrogens with two attached hydrogens (primary N) is 2. The maximum atomic E-state index is 12.6. The number of hydrogen-bond donors (Lipinski definition) is 4. The van der Waals surface area contributed by atoms with Crippen molar-refractivity contribution in [3.63, 3.8) is 0 Å². The zero-order valence-corrected chi connectivity index (χ0v) is 17.5. The van der Waals surface area contributed by atoms with E-state index in [4.69, 9.17) is 10.9 Å². The van der Waals surface area contributed by atoms with Crippen LogP contribution in [0.1, 0.15) is 0 Å². The first-order valence-electron chi connectivity index (χ1n) is 9.39. The fourth-order valence-corrected chi connectivity index (χ4v) is 3.45. The number of nitrogens with one attached hydrogen (secondary N) is 2. The number of aromatic nitrogens is 3. The van der Waals surface area contributed by atoms with Crippen LogP contribution in [0.5, 0.6) is 0 Å². The predicted octanol–water partition coefficient (Wildman–Crippen LogP) is 3.00. The molecular formula is C21H19N7O3S. The number of nitrogens with zero attached hydrogens (tertiary/aromatic N) is 3. The van der Waals surface area contributed by atoms with Crippen molar-refractivity contribution in [3.8, 4) is 11.1 Å². The molecule has 0 radical (unpaired) electrons. The molecule has 0 saturated carbocycles. The van der Waals surface area contributed by atoms with Crippen molar-refractivity contribution in [2.24, 2.45) is 5.14 Å². The Balaban J connectivity index is 1.45. The summed E-state index contributed by atoms with van der Waals surface area (Å²) in [7, 11) is -3.79. The number of sulfonamides is 1. The summed E-state index contributed by atoms with van der Waals surface area (Å²) in [6, 6.07) is 22.3. The van der Waals surface area contributed by atoms with Gasteiger partial charge in [-0.3, -0.25) is 0 Å². The van der Waals surface area contributed by atoms with E-state index in [1.54, 1.807) is 12.1 Å². The van der Waals surface area contributed by atoms with Crippen LogP contribution in [0.15, 0.2) is 83.8 Å². The first-order chi connectivity index (χ1) is 15.3. The molecule has 11 heteroatoms. The molecule has 0 saturated heterocycles. The smallest absolute Gasteiger partial charge is 0.349 e. The Morgan fingerprint density at radius 1 is 0.844 bits per heavy atom. The van der Waals surface area contributed by atoms with E-state index in [2.05, 4.69) is 20.7 Å². The molecule has 162 valence electrons. The summed E-state index contributed by atoms with van der Waals surface area (Å²) in [5.41, 5.74) is 8.97. The van der Waals surface area contributed by atoms with Gasteiger partial charge in [0.2, 0.25) is 21.9 Å². The van der Waals surface area contributed by atoms with Crippen molar-refractivity contribution in [1.82, 2.24) is 14.8 Å². The third-order valence-electron chi connectivity index (χ3n) is 4.51. The summed E-state index contributed by atoms with van der Waals surface area (Å²) in [5, 5.41) is 14.7. The molecule has 0 spiro atoms. The lowest BCUT2D eigenvalue weighted by molar-refractivity contribution is 0.251. The summed E-state index contributed by atoms with van der Waals surface area (Å²) in [6.45, 7) is 0. The van der Waals surface area contributed by atoms with Gasteiger partial charge in [0, 0.05) is 11.4 Å². The lowest BCUT2D eigenvalue weighted by Crippen LogP contribution is -2.22. The van der Waals surface area contributed by atoms with Gasteiger partial charge in [0.15, 0.2) is 0 Å². The van der Waals surface area contributed by atoms with Crippen LogP contribution in [0.25, 0.3) is 11.1 Å². The molecule has 0 atom stereocenters. The zero-order chi connectivity index (χ0) is 22.7. The highest BCUT2D eigenvalue weighted by Gasteiger charge is 2.15. The molecule has 1 aromatic heterocycles. The molecule has 4 aromatic rings. The fraction of sp³-hybridized carbons (Fsp3) is 0. The van der Waals surface area contributed by atoms with Gasteiger partial charge in [0.05, 0.1) is 4.90 Å². The third-order valence-corrected chi connectivity index (χ3v) is 5.44. The van der Waals surface area contributed by atoms with Gasteiger partial charge in [-0.1, -0.05) is 42.5 Å². The van der Waals surface area contributed by atoms with Crippen LogP contribution in [0.4, 0.5) is 28.1 Å². The maximum Gasteiger partial charge on any atom is 0.349 e. The minimum atomic E-state index is -3.79. The van der Waals surface area contributed by atoms with Crippen molar-refractivity contribution in [2.75, 3.05) is 16.4 Å². The van der Waals surface area contributed by atoms with Gasteiger partial charge in [-0.2, -0.15) is 4.98 Å². The first kappa shape index (κ1) is 21.0. The molecule has 1 amide bonds. The van der Waals surface area contributed by atoms with Crippen molar-refractivity contribution in [1.29, 1.82) is 0 Å². The van der Waals surface area contributed by atoms with Gasteiger partial charge in [0.1, 0.15) is 0 Å². The average molecular weight is 449 g/mol. The number of nitrogen functional groups attached to an aromatic ring is 1. The van der Waals surface area contributed by atoms with E-state index < -0.39 is 16.1 Å². The number of benzene rings is 3. The molecular weight excluding hydrogens is 430 g/mol. The lowest BCUT2D eigenvalue weighted by Gasteiger charge is -2.07. The summed E-state index contributed by atoms with van der Waals surface area (Å²) in [4.78, 5) is 16.6. The molecule has 10 nitrogen and oxygen atoms in total. The molecule has 32 heavy (non-hydrogen) atoms. The monoisotopic (exact) mass is 449 g/mol. The fourth-order valence-electron chi connectivity index (χ4n) is 2.94. The molecule has 0 aliphatic rings. The van der Waals surface area contributed by atoms with Gasteiger partial charge in [0.25, 0.3) is 0 Å². The Kier molecular flexibility index (Phi) is 5.58. The molecule has 0 aliphatic heterocycles. The highest BCUT2D eigenvalue weighted by Crippen LogP contribution is 2.21. The minimum absolute atomic E-state index is 0.0290. The standard InChI is InChI=1S/C21H19N7O3S/c22-19-26-20(24-16-10-12-18(13-11-16)32(23,30)31)27-28(19)21(29)25-17-8-6-15(7-9-17)14-4-2-1-3-5-14/h1-13H,(H,25,29)(H2,23,30,31)(H3,22,24,26,27). The van der Waals surface area contributed by atoms with Gasteiger partial charge in [-0.05, 0) is 47.5 Å². The van der Waals surface area contributed by atoms with Crippen LogP contribution >= 0.6 is 0 Å². The minimum Gasteiger partial charge on any atom is -0.368 e. The molecule has 3 aromatic carbocycles. The maximum absolute atomic E-state index is 12.6. The van der Waals surface area contributed by atoms with Crippen LogP contribution < -0.4 is 21.5 Å². The van der Waals surface area contributed by atoms with E-state index in [9.17, 15) is 13.2 Å². The van der Waals surface area contributed by atoms with Crippen molar-refractivity contribution < 1.29 is 13.2 Å². The van der Waals surface area contributed by atoms with Crippen LogP contribution in [0.3, 0.4) is 0 Å². The van der Waals surface area contributed by atoms with E-state index in [1.165, 1.54) is 24.3 Å².